The zero-order valence-electron chi connectivity index (χ0n) is 13.6. The lowest BCUT2D eigenvalue weighted by Crippen LogP contribution is -1.97. The highest BCUT2D eigenvalue weighted by molar-refractivity contribution is 5.75. The van der Waals surface area contributed by atoms with Crippen molar-refractivity contribution in [2.24, 2.45) is 5.92 Å². The van der Waals surface area contributed by atoms with Gasteiger partial charge in [0.2, 0.25) is 0 Å². The maximum Gasteiger partial charge on any atom is 0.129 e. The molecule has 0 saturated heterocycles. The van der Waals surface area contributed by atoms with Gasteiger partial charge in [-0.25, -0.2) is 0 Å². The Kier molecular flexibility index (Phi) is 10.5. The third kappa shape index (κ3) is 13.4. The van der Waals surface area contributed by atoms with Crippen LogP contribution in [-0.2, 0) is 4.79 Å². The molecule has 0 fully saturated rings. The van der Waals surface area contributed by atoms with Crippen molar-refractivity contribution in [1.82, 2.24) is 0 Å². The first kappa shape index (κ1) is 18.1. The molecule has 0 amide bonds. The fourth-order valence-electron chi connectivity index (χ4n) is 2.15. The van der Waals surface area contributed by atoms with Crippen LogP contribution < -0.4 is 0 Å². The number of rotatable bonds is 10. The van der Waals surface area contributed by atoms with Crippen molar-refractivity contribution in [3.8, 4) is 0 Å². The molecule has 0 bridgehead atoms. The average molecular weight is 264 g/mol. The first-order valence-electron chi connectivity index (χ1n) is 7.70. The van der Waals surface area contributed by atoms with Crippen LogP contribution in [0, 0.1) is 5.92 Å². The minimum Gasteiger partial charge on any atom is -0.300 e. The van der Waals surface area contributed by atoms with E-state index in [0.29, 0.717) is 5.78 Å². The van der Waals surface area contributed by atoms with Crippen LogP contribution in [0.25, 0.3) is 0 Å². The first-order valence-corrected chi connectivity index (χ1v) is 7.70. The molecule has 0 aliphatic carbocycles. The van der Waals surface area contributed by atoms with Crippen LogP contribution in [0.5, 0.6) is 0 Å². The van der Waals surface area contributed by atoms with Crippen molar-refractivity contribution in [2.45, 2.75) is 79.6 Å². The van der Waals surface area contributed by atoms with Gasteiger partial charge in [-0.2, -0.15) is 0 Å². The summed E-state index contributed by atoms with van der Waals surface area (Å²) in [6.07, 6.45) is 12.5. The van der Waals surface area contributed by atoms with Gasteiger partial charge < -0.3 is 4.79 Å². The summed E-state index contributed by atoms with van der Waals surface area (Å²) in [5.74, 6) is 1.06. The van der Waals surface area contributed by atoms with Gasteiger partial charge >= 0.3 is 0 Å². The van der Waals surface area contributed by atoms with Gasteiger partial charge in [0.25, 0.3) is 0 Å². The molecule has 0 rings (SSSR count). The molecule has 1 unspecified atom stereocenters. The van der Waals surface area contributed by atoms with E-state index < -0.39 is 0 Å². The summed E-state index contributed by atoms with van der Waals surface area (Å²) < 4.78 is 0. The van der Waals surface area contributed by atoms with E-state index in [1.807, 2.05) is 0 Å². The molecule has 1 nitrogen and oxygen atoms in total. The smallest absolute Gasteiger partial charge is 0.129 e. The minimum absolute atomic E-state index is 0.321. The largest absolute Gasteiger partial charge is 0.300 e. The monoisotopic (exact) mass is 264 g/mol. The quantitative estimate of drug-likeness (QED) is 0.452. The van der Waals surface area contributed by atoms with E-state index in [2.05, 4.69) is 39.8 Å². The van der Waals surface area contributed by atoms with E-state index >= 15 is 0 Å². The molecule has 0 N–H and O–H groups in total. The van der Waals surface area contributed by atoms with E-state index in [1.54, 1.807) is 6.92 Å². The fraction of sp³-hybridized carbons (Fsp3) is 0.722. The van der Waals surface area contributed by atoms with E-state index in [9.17, 15) is 4.79 Å². The topological polar surface area (TPSA) is 17.1 Å². The zero-order chi connectivity index (χ0) is 14.7. The Labute approximate surface area is 120 Å². The highest BCUT2D eigenvalue weighted by atomic mass is 16.1. The van der Waals surface area contributed by atoms with Crippen LogP contribution in [0.1, 0.15) is 79.6 Å². The van der Waals surface area contributed by atoms with E-state index in [0.717, 1.165) is 18.8 Å². The number of carbonyl (C=O) groups excluding carboxylic acids is 1. The SMILES string of the molecule is CC(=O)CCCC(C)CCC=C(C)CCC=C(C)C. The Morgan fingerprint density at radius 1 is 0.947 bits per heavy atom. The maximum absolute atomic E-state index is 10.9. The van der Waals surface area contributed by atoms with Gasteiger partial charge in [-0.3, -0.25) is 0 Å². The molecule has 0 saturated carbocycles. The first-order chi connectivity index (χ1) is 8.91. The molecule has 0 radical (unpaired) electrons. The molecule has 0 spiro atoms. The van der Waals surface area contributed by atoms with Crippen LogP contribution in [0.15, 0.2) is 23.3 Å². The van der Waals surface area contributed by atoms with Crippen molar-refractivity contribution >= 4 is 5.78 Å². The van der Waals surface area contributed by atoms with Gasteiger partial charge in [-0.05, 0) is 65.7 Å². The Morgan fingerprint density at radius 3 is 2.21 bits per heavy atom. The molecule has 0 aliphatic heterocycles. The van der Waals surface area contributed by atoms with Crippen LogP contribution in [0.4, 0.5) is 0 Å². The average Bonchev–Trinajstić information content (AvgIpc) is 2.27. The third-order valence-electron chi connectivity index (χ3n) is 3.47. The van der Waals surface area contributed by atoms with E-state index in [1.165, 1.54) is 43.3 Å². The van der Waals surface area contributed by atoms with Gasteiger partial charge in [0.1, 0.15) is 5.78 Å². The Bertz CT molecular complexity index is 306. The van der Waals surface area contributed by atoms with Gasteiger partial charge in [-0.1, -0.05) is 36.6 Å². The van der Waals surface area contributed by atoms with Crippen LogP contribution >= 0.6 is 0 Å². The van der Waals surface area contributed by atoms with Gasteiger partial charge in [0, 0.05) is 6.42 Å². The second kappa shape index (κ2) is 11.0. The molecule has 0 aromatic rings. The molecular formula is C18H32O. The molecule has 110 valence electrons. The van der Waals surface area contributed by atoms with Crippen molar-refractivity contribution < 1.29 is 4.79 Å². The predicted octanol–water partition coefficient (Wildman–Crippen LogP) is 5.85. The molecule has 0 aromatic carbocycles. The van der Waals surface area contributed by atoms with Gasteiger partial charge in [-0.15, -0.1) is 0 Å². The summed E-state index contributed by atoms with van der Waals surface area (Å²) in [4.78, 5) is 10.9. The predicted molar refractivity (Wildman–Crippen MR) is 85.4 cm³/mol. The third-order valence-corrected chi connectivity index (χ3v) is 3.47. The molecule has 0 heterocycles. The van der Waals surface area contributed by atoms with Crippen LogP contribution in [-0.4, -0.2) is 5.78 Å². The van der Waals surface area contributed by atoms with Crippen LogP contribution in [0.3, 0.4) is 0 Å². The Balaban J connectivity index is 3.69. The summed E-state index contributed by atoms with van der Waals surface area (Å²) in [6.45, 7) is 10.5. The number of Topliss-reactive ketones (excluding diaryl/α,β-unsaturated/α-hetero) is 1. The lowest BCUT2D eigenvalue weighted by molar-refractivity contribution is -0.117. The normalized spacial score (nSPS) is 13.2. The second-order valence-corrected chi connectivity index (χ2v) is 6.15. The highest BCUT2D eigenvalue weighted by Crippen LogP contribution is 2.16. The molecule has 19 heavy (non-hydrogen) atoms. The van der Waals surface area contributed by atoms with Crippen molar-refractivity contribution in [1.29, 1.82) is 0 Å². The summed E-state index contributed by atoms with van der Waals surface area (Å²) in [5, 5.41) is 0. The summed E-state index contributed by atoms with van der Waals surface area (Å²) in [6, 6.07) is 0. The zero-order valence-corrected chi connectivity index (χ0v) is 13.6. The number of hydrogen-bond acceptors (Lipinski definition) is 1. The minimum atomic E-state index is 0.321. The molecule has 1 heteroatoms. The van der Waals surface area contributed by atoms with Gasteiger partial charge in [0.05, 0.1) is 0 Å². The van der Waals surface area contributed by atoms with E-state index in [-0.39, 0.29) is 0 Å². The summed E-state index contributed by atoms with van der Waals surface area (Å²) in [7, 11) is 0. The van der Waals surface area contributed by atoms with Gasteiger partial charge in [0.15, 0.2) is 0 Å². The fourth-order valence-corrected chi connectivity index (χ4v) is 2.15. The van der Waals surface area contributed by atoms with E-state index in [4.69, 9.17) is 0 Å². The number of allylic oxidation sites excluding steroid dienone is 4. The maximum atomic E-state index is 10.9. The summed E-state index contributed by atoms with van der Waals surface area (Å²) >= 11 is 0. The second-order valence-electron chi connectivity index (χ2n) is 6.15. The lowest BCUT2D eigenvalue weighted by Gasteiger charge is -2.09. The van der Waals surface area contributed by atoms with Crippen LogP contribution in [0.2, 0.25) is 0 Å². The number of carbonyl (C=O) groups is 1. The molecular weight excluding hydrogens is 232 g/mol. The van der Waals surface area contributed by atoms with Crippen molar-refractivity contribution in [3.63, 3.8) is 0 Å². The number of ketones is 1. The Morgan fingerprint density at radius 2 is 1.63 bits per heavy atom. The molecule has 0 aromatic heterocycles. The Hall–Kier alpha value is -0.850. The lowest BCUT2D eigenvalue weighted by atomic mass is 9.97. The number of hydrogen-bond donors (Lipinski definition) is 0. The standard InChI is InChI=1S/C18H32O/c1-15(2)9-6-10-16(3)11-7-12-17(4)13-8-14-18(5)19/h9,11,17H,6-8,10,12-14H2,1-5H3. The molecule has 0 aliphatic rings. The van der Waals surface area contributed by atoms with Crippen molar-refractivity contribution in [3.05, 3.63) is 23.3 Å². The van der Waals surface area contributed by atoms with Crippen molar-refractivity contribution in [2.75, 3.05) is 0 Å². The highest BCUT2D eigenvalue weighted by Gasteiger charge is 2.02. The summed E-state index contributed by atoms with van der Waals surface area (Å²) in [5.41, 5.74) is 2.92. The molecule has 1 atom stereocenters.